The molecule has 0 bridgehead atoms. The Bertz CT molecular complexity index is 792. The van der Waals surface area contributed by atoms with Gasteiger partial charge in [0.05, 0.1) is 17.6 Å². The molecule has 0 radical (unpaired) electrons. The first kappa shape index (κ1) is 18.2. The van der Waals surface area contributed by atoms with E-state index < -0.39 is 11.4 Å². The van der Waals surface area contributed by atoms with E-state index >= 15 is 0 Å². The lowest BCUT2D eigenvalue weighted by Crippen LogP contribution is -2.48. The Balaban J connectivity index is 1.83. The van der Waals surface area contributed by atoms with Crippen LogP contribution in [0.3, 0.4) is 0 Å². The number of carboxylic acid groups (broad SMARTS) is 1. The lowest BCUT2D eigenvalue weighted by atomic mass is 9.66. The van der Waals surface area contributed by atoms with Gasteiger partial charge in [0, 0.05) is 5.41 Å². The van der Waals surface area contributed by atoms with Gasteiger partial charge in [-0.3, -0.25) is 0 Å². The van der Waals surface area contributed by atoms with E-state index in [2.05, 4.69) is 13.0 Å². The predicted molar refractivity (Wildman–Crippen MR) is 100 cm³/mol. The number of nitriles is 1. The van der Waals surface area contributed by atoms with Crippen molar-refractivity contribution in [3.8, 4) is 17.2 Å². The summed E-state index contributed by atoms with van der Waals surface area (Å²) in [5, 5.41) is 20.9. The van der Waals surface area contributed by atoms with E-state index in [1.54, 1.807) is 12.1 Å². The quantitative estimate of drug-likeness (QED) is 0.815. The summed E-state index contributed by atoms with van der Waals surface area (Å²) < 4.78 is 0. The average molecular weight is 346 g/mol. The van der Waals surface area contributed by atoms with Crippen LogP contribution < -0.4 is 5.11 Å². The Morgan fingerprint density at radius 2 is 1.62 bits per heavy atom. The molecule has 0 aromatic heterocycles. The Kier molecular flexibility index (Phi) is 5.42. The summed E-state index contributed by atoms with van der Waals surface area (Å²) in [5.74, 6) is -0.302. The molecule has 3 heteroatoms. The third-order valence-electron chi connectivity index (χ3n) is 5.83. The molecular formula is C23H24NO2-. The zero-order valence-electron chi connectivity index (χ0n) is 15.2. The molecular weight excluding hydrogens is 322 g/mol. The highest BCUT2D eigenvalue weighted by molar-refractivity contribution is 5.80. The smallest absolute Gasteiger partial charge is 0.0991 e. The maximum Gasteiger partial charge on any atom is 0.0991 e. The highest BCUT2D eigenvalue weighted by atomic mass is 16.4. The minimum atomic E-state index is -0.946. The van der Waals surface area contributed by atoms with Crippen molar-refractivity contribution in [3.63, 3.8) is 0 Å². The molecule has 134 valence electrons. The van der Waals surface area contributed by atoms with Gasteiger partial charge in [-0.05, 0) is 60.4 Å². The summed E-state index contributed by atoms with van der Waals surface area (Å²) in [7, 11) is 0. The van der Waals surface area contributed by atoms with E-state index in [4.69, 9.17) is 5.26 Å². The summed E-state index contributed by atoms with van der Waals surface area (Å²) >= 11 is 0. The second-order valence-corrected chi connectivity index (χ2v) is 7.37. The molecule has 3 nitrogen and oxygen atoms in total. The number of carboxylic acids is 1. The molecule has 1 aliphatic rings. The van der Waals surface area contributed by atoms with Crippen LogP contribution in [0.2, 0.25) is 0 Å². The summed E-state index contributed by atoms with van der Waals surface area (Å²) in [6.07, 6.45) is 5.58. The van der Waals surface area contributed by atoms with Crippen molar-refractivity contribution < 1.29 is 9.90 Å². The minimum Gasteiger partial charge on any atom is -0.549 e. The first-order valence-electron chi connectivity index (χ1n) is 9.41. The van der Waals surface area contributed by atoms with Gasteiger partial charge >= 0.3 is 0 Å². The van der Waals surface area contributed by atoms with Crippen LogP contribution in [0.4, 0.5) is 0 Å². The fraction of sp³-hybridized carbons (Fsp3) is 0.391. The number of carbonyl (C=O) groups excluding carboxylic acids is 1. The average Bonchev–Trinajstić information content (AvgIpc) is 2.69. The molecule has 0 N–H and O–H groups in total. The molecule has 0 amide bonds. The molecule has 26 heavy (non-hydrogen) atoms. The second-order valence-electron chi connectivity index (χ2n) is 7.37. The number of hydrogen-bond acceptors (Lipinski definition) is 3. The fourth-order valence-electron chi connectivity index (χ4n) is 4.20. The van der Waals surface area contributed by atoms with Crippen molar-refractivity contribution in [2.24, 2.45) is 5.92 Å². The third kappa shape index (κ3) is 3.51. The number of aliphatic carboxylic acids is 1. The topological polar surface area (TPSA) is 63.9 Å². The van der Waals surface area contributed by atoms with E-state index in [9.17, 15) is 9.90 Å². The zero-order chi connectivity index (χ0) is 18.6. The minimum absolute atomic E-state index is 0.630. The largest absolute Gasteiger partial charge is 0.549 e. The molecule has 2 aromatic rings. The predicted octanol–water partition coefficient (Wildman–Crippen LogP) is 4.20. The van der Waals surface area contributed by atoms with Crippen molar-refractivity contribution in [2.45, 2.75) is 50.9 Å². The van der Waals surface area contributed by atoms with Gasteiger partial charge < -0.3 is 9.90 Å². The molecule has 0 unspecified atom stereocenters. The first-order valence-corrected chi connectivity index (χ1v) is 9.41. The Morgan fingerprint density at radius 1 is 1.08 bits per heavy atom. The van der Waals surface area contributed by atoms with Gasteiger partial charge in [-0.2, -0.15) is 5.26 Å². The van der Waals surface area contributed by atoms with Crippen molar-refractivity contribution >= 4 is 5.97 Å². The van der Waals surface area contributed by atoms with Crippen LogP contribution >= 0.6 is 0 Å². The van der Waals surface area contributed by atoms with Crippen molar-refractivity contribution in [3.05, 3.63) is 59.7 Å². The Labute approximate surface area is 155 Å². The van der Waals surface area contributed by atoms with Crippen molar-refractivity contribution in [2.75, 3.05) is 0 Å². The Morgan fingerprint density at radius 3 is 2.08 bits per heavy atom. The number of carbonyl (C=O) groups is 1. The molecule has 0 spiro atoms. The maximum absolute atomic E-state index is 12.0. The zero-order valence-corrected chi connectivity index (χ0v) is 15.2. The lowest BCUT2D eigenvalue weighted by molar-refractivity contribution is -0.315. The van der Waals surface area contributed by atoms with Crippen molar-refractivity contribution in [1.29, 1.82) is 5.26 Å². The first-order chi connectivity index (χ1) is 12.6. The molecule has 0 aliphatic heterocycles. The standard InChI is InChI=1S/C23H25NO2/c1-2-3-17-12-14-23(15-13-17,22(25)26)21-10-8-20(9-11-21)19-6-4-18(16-24)5-7-19/h4-11,17H,2-3,12-15H2,1H3,(H,25,26)/p-1. The van der Waals surface area contributed by atoms with E-state index in [-0.39, 0.29) is 0 Å². The molecule has 1 saturated carbocycles. The van der Waals surface area contributed by atoms with E-state index in [0.717, 1.165) is 36.0 Å². The second kappa shape index (κ2) is 7.74. The number of benzene rings is 2. The van der Waals surface area contributed by atoms with Crippen LogP contribution in [-0.4, -0.2) is 5.97 Å². The van der Waals surface area contributed by atoms with Gasteiger partial charge in [-0.1, -0.05) is 56.2 Å². The molecule has 0 heterocycles. The van der Waals surface area contributed by atoms with Crippen LogP contribution in [0.5, 0.6) is 0 Å². The van der Waals surface area contributed by atoms with Gasteiger partial charge in [-0.15, -0.1) is 0 Å². The Hall–Kier alpha value is -2.60. The van der Waals surface area contributed by atoms with Gasteiger partial charge in [0.1, 0.15) is 0 Å². The number of nitrogens with zero attached hydrogens (tertiary/aromatic N) is 1. The van der Waals surface area contributed by atoms with Crippen LogP contribution in [0.15, 0.2) is 48.5 Å². The van der Waals surface area contributed by atoms with Crippen LogP contribution in [0.1, 0.15) is 56.6 Å². The molecule has 1 fully saturated rings. The van der Waals surface area contributed by atoms with Gasteiger partial charge in [-0.25, -0.2) is 0 Å². The highest BCUT2D eigenvalue weighted by Gasteiger charge is 2.37. The molecule has 3 rings (SSSR count). The summed E-state index contributed by atoms with van der Waals surface area (Å²) in [6.45, 7) is 2.18. The monoisotopic (exact) mass is 346 g/mol. The highest BCUT2D eigenvalue weighted by Crippen LogP contribution is 2.43. The van der Waals surface area contributed by atoms with E-state index in [1.165, 1.54) is 6.42 Å². The molecule has 0 saturated heterocycles. The third-order valence-corrected chi connectivity index (χ3v) is 5.83. The van der Waals surface area contributed by atoms with Gasteiger partial charge in [0.15, 0.2) is 0 Å². The van der Waals surface area contributed by atoms with E-state index in [0.29, 0.717) is 24.3 Å². The lowest BCUT2D eigenvalue weighted by Gasteiger charge is -2.41. The summed E-state index contributed by atoms with van der Waals surface area (Å²) in [6, 6.07) is 17.3. The molecule has 1 aliphatic carbocycles. The normalized spacial score (nSPS) is 22.5. The molecule has 2 aromatic carbocycles. The van der Waals surface area contributed by atoms with E-state index in [1.807, 2.05) is 36.4 Å². The maximum atomic E-state index is 12.0. The van der Waals surface area contributed by atoms with Crippen molar-refractivity contribution in [1.82, 2.24) is 0 Å². The number of hydrogen-bond donors (Lipinski definition) is 0. The summed E-state index contributed by atoms with van der Waals surface area (Å²) in [5.41, 5.74) is 2.67. The molecule has 0 atom stereocenters. The van der Waals surface area contributed by atoms with Crippen LogP contribution in [0, 0.1) is 17.2 Å². The number of rotatable bonds is 5. The SMILES string of the molecule is CCCC1CCC(C(=O)[O-])(c2ccc(-c3ccc(C#N)cc3)cc2)CC1. The summed E-state index contributed by atoms with van der Waals surface area (Å²) in [4.78, 5) is 12.0. The van der Waals surface area contributed by atoms with Gasteiger partial charge in [0.25, 0.3) is 0 Å². The van der Waals surface area contributed by atoms with Gasteiger partial charge in [0.2, 0.25) is 0 Å². The van der Waals surface area contributed by atoms with Crippen LogP contribution in [0.25, 0.3) is 11.1 Å². The fourth-order valence-corrected chi connectivity index (χ4v) is 4.20. The van der Waals surface area contributed by atoms with Crippen LogP contribution in [-0.2, 0) is 10.2 Å².